The maximum Gasteiger partial charge on any atom is 0.326 e. The standard InChI is InChI=1S/C14H19N3O2/c1-8(2)7-12-16-13-10(15)5-4-6-11(13)17(12)9(3)14(18)19/h4-6,8-9H,7,15H2,1-3H3,(H,18,19). The third kappa shape index (κ3) is 2.41. The Morgan fingerprint density at radius 2 is 2.11 bits per heavy atom. The van der Waals surface area contributed by atoms with Crippen LogP contribution in [0.2, 0.25) is 0 Å². The number of hydrogen-bond donors (Lipinski definition) is 2. The normalized spacial score (nSPS) is 13.1. The van der Waals surface area contributed by atoms with Crippen LogP contribution >= 0.6 is 0 Å². The second-order valence-corrected chi connectivity index (χ2v) is 5.23. The number of hydrogen-bond acceptors (Lipinski definition) is 3. The van der Waals surface area contributed by atoms with Gasteiger partial charge in [-0.15, -0.1) is 0 Å². The van der Waals surface area contributed by atoms with Crippen LogP contribution in [0.15, 0.2) is 18.2 Å². The summed E-state index contributed by atoms with van der Waals surface area (Å²) in [6, 6.07) is 4.82. The van der Waals surface area contributed by atoms with E-state index in [1.54, 1.807) is 17.6 Å². The van der Waals surface area contributed by atoms with Crippen molar-refractivity contribution in [3.05, 3.63) is 24.0 Å². The van der Waals surface area contributed by atoms with Gasteiger partial charge in [-0.2, -0.15) is 0 Å². The Balaban J connectivity index is 2.68. The van der Waals surface area contributed by atoms with Gasteiger partial charge in [0.15, 0.2) is 0 Å². The highest BCUT2D eigenvalue weighted by atomic mass is 16.4. The average molecular weight is 261 g/mol. The fourth-order valence-corrected chi connectivity index (χ4v) is 2.24. The van der Waals surface area contributed by atoms with E-state index in [2.05, 4.69) is 18.8 Å². The molecule has 0 amide bonds. The van der Waals surface area contributed by atoms with Crippen LogP contribution in [0.1, 0.15) is 32.6 Å². The number of nitrogen functional groups attached to an aromatic ring is 1. The highest BCUT2D eigenvalue weighted by Gasteiger charge is 2.21. The van der Waals surface area contributed by atoms with Crippen LogP contribution in [0.3, 0.4) is 0 Å². The molecule has 0 aliphatic carbocycles. The van der Waals surface area contributed by atoms with Gasteiger partial charge >= 0.3 is 5.97 Å². The molecular weight excluding hydrogens is 242 g/mol. The predicted molar refractivity (Wildman–Crippen MR) is 75.0 cm³/mol. The molecule has 1 heterocycles. The van der Waals surface area contributed by atoms with Crippen LogP contribution in [0.25, 0.3) is 11.0 Å². The van der Waals surface area contributed by atoms with E-state index >= 15 is 0 Å². The Hall–Kier alpha value is -2.04. The Morgan fingerprint density at radius 1 is 1.42 bits per heavy atom. The van der Waals surface area contributed by atoms with Gasteiger partial charge in [0, 0.05) is 6.42 Å². The second-order valence-electron chi connectivity index (χ2n) is 5.23. The molecule has 0 spiro atoms. The summed E-state index contributed by atoms with van der Waals surface area (Å²) in [6.07, 6.45) is 0.728. The molecule has 1 atom stereocenters. The molecule has 0 fully saturated rings. The topological polar surface area (TPSA) is 81.1 Å². The summed E-state index contributed by atoms with van der Waals surface area (Å²) in [5, 5.41) is 9.26. The van der Waals surface area contributed by atoms with Gasteiger partial charge in [-0.3, -0.25) is 0 Å². The lowest BCUT2D eigenvalue weighted by molar-refractivity contribution is -0.140. The molecule has 5 nitrogen and oxygen atoms in total. The van der Waals surface area contributed by atoms with Crippen LogP contribution in [-0.2, 0) is 11.2 Å². The molecule has 3 N–H and O–H groups in total. The molecule has 1 unspecified atom stereocenters. The first kappa shape index (κ1) is 13.4. The minimum absolute atomic E-state index is 0.401. The Morgan fingerprint density at radius 3 is 2.68 bits per heavy atom. The number of carboxylic acids is 1. The number of fused-ring (bicyclic) bond motifs is 1. The average Bonchev–Trinajstić information content (AvgIpc) is 2.66. The molecule has 2 aromatic rings. The Kier molecular flexibility index (Phi) is 3.46. The molecule has 1 aromatic heterocycles. The monoisotopic (exact) mass is 261 g/mol. The summed E-state index contributed by atoms with van der Waals surface area (Å²) < 4.78 is 1.77. The van der Waals surface area contributed by atoms with E-state index < -0.39 is 12.0 Å². The van der Waals surface area contributed by atoms with E-state index in [-0.39, 0.29) is 0 Å². The van der Waals surface area contributed by atoms with Gasteiger partial charge in [0.2, 0.25) is 0 Å². The minimum atomic E-state index is -0.869. The molecule has 19 heavy (non-hydrogen) atoms. The molecule has 0 saturated heterocycles. The molecular formula is C14H19N3O2. The molecule has 0 bridgehead atoms. The smallest absolute Gasteiger partial charge is 0.326 e. The van der Waals surface area contributed by atoms with Crippen molar-refractivity contribution in [1.82, 2.24) is 9.55 Å². The summed E-state index contributed by atoms with van der Waals surface area (Å²) in [4.78, 5) is 15.8. The summed E-state index contributed by atoms with van der Waals surface area (Å²) in [6.45, 7) is 5.83. The zero-order chi connectivity index (χ0) is 14.2. The van der Waals surface area contributed by atoms with Crippen molar-refractivity contribution < 1.29 is 9.90 Å². The molecule has 0 aliphatic heterocycles. The fraction of sp³-hybridized carbons (Fsp3) is 0.429. The van der Waals surface area contributed by atoms with Crippen molar-refractivity contribution in [2.45, 2.75) is 33.2 Å². The summed E-state index contributed by atoms with van der Waals surface area (Å²) >= 11 is 0. The number of imidazole rings is 1. The predicted octanol–water partition coefficient (Wildman–Crippen LogP) is 2.46. The largest absolute Gasteiger partial charge is 0.480 e. The third-order valence-electron chi connectivity index (χ3n) is 3.16. The van der Waals surface area contributed by atoms with Crippen molar-refractivity contribution in [3.63, 3.8) is 0 Å². The maximum absolute atomic E-state index is 11.3. The highest BCUT2D eigenvalue weighted by Crippen LogP contribution is 2.26. The van der Waals surface area contributed by atoms with Gasteiger partial charge in [-0.1, -0.05) is 19.9 Å². The number of benzene rings is 1. The van der Waals surface area contributed by atoms with E-state index in [9.17, 15) is 9.90 Å². The van der Waals surface area contributed by atoms with Crippen LogP contribution < -0.4 is 5.73 Å². The lowest BCUT2D eigenvalue weighted by atomic mass is 10.1. The van der Waals surface area contributed by atoms with Gasteiger partial charge in [0.1, 0.15) is 17.4 Å². The van der Waals surface area contributed by atoms with Gasteiger partial charge in [-0.25, -0.2) is 9.78 Å². The molecule has 0 radical (unpaired) electrons. The first-order valence-electron chi connectivity index (χ1n) is 6.40. The number of carboxylic acid groups (broad SMARTS) is 1. The van der Waals surface area contributed by atoms with Crippen LogP contribution in [0.5, 0.6) is 0 Å². The first-order valence-corrected chi connectivity index (χ1v) is 6.40. The first-order chi connectivity index (χ1) is 8.91. The lowest BCUT2D eigenvalue weighted by Crippen LogP contribution is -2.18. The van der Waals surface area contributed by atoms with Crippen LogP contribution in [0, 0.1) is 5.92 Å². The molecule has 1 aromatic carbocycles. The summed E-state index contributed by atoms with van der Waals surface area (Å²) in [5.74, 6) is 0.308. The quantitative estimate of drug-likeness (QED) is 0.828. The number of rotatable bonds is 4. The zero-order valence-corrected chi connectivity index (χ0v) is 11.4. The summed E-state index contributed by atoms with van der Waals surface area (Å²) in [5.41, 5.74) is 7.97. The molecule has 5 heteroatoms. The third-order valence-corrected chi connectivity index (χ3v) is 3.16. The van der Waals surface area contributed by atoms with Gasteiger partial charge in [-0.05, 0) is 25.0 Å². The fourth-order valence-electron chi connectivity index (χ4n) is 2.24. The van der Waals surface area contributed by atoms with E-state index in [4.69, 9.17) is 5.73 Å². The SMILES string of the molecule is CC(C)Cc1nc2c(N)cccc2n1C(C)C(=O)O. The Labute approximate surface area is 112 Å². The number of aliphatic carboxylic acids is 1. The number of carbonyl (C=O) groups is 1. The highest BCUT2D eigenvalue weighted by molar-refractivity contribution is 5.89. The van der Waals surface area contributed by atoms with Crippen LogP contribution in [-0.4, -0.2) is 20.6 Å². The van der Waals surface area contributed by atoms with Crippen molar-refractivity contribution in [2.75, 3.05) is 5.73 Å². The van der Waals surface area contributed by atoms with Crippen molar-refractivity contribution in [2.24, 2.45) is 5.92 Å². The number of nitrogens with zero attached hydrogens (tertiary/aromatic N) is 2. The van der Waals surface area contributed by atoms with Crippen molar-refractivity contribution in [3.8, 4) is 0 Å². The summed E-state index contributed by atoms with van der Waals surface area (Å²) in [7, 11) is 0. The number of nitrogens with two attached hydrogens (primary N) is 1. The molecule has 0 aliphatic rings. The zero-order valence-electron chi connectivity index (χ0n) is 11.4. The van der Waals surface area contributed by atoms with E-state index in [1.807, 2.05) is 12.1 Å². The number of aromatic nitrogens is 2. The maximum atomic E-state index is 11.3. The lowest BCUT2D eigenvalue weighted by Gasteiger charge is -2.14. The Bertz CT molecular complexity index is 616. The minimum Gasteiger partial charge on any atom is -0.480 e. The van der Waals surface area contributed by atoms with Crippen molar-refractivity contribution >= 4 is 22.7 Å². The molecule has 0 saturated carbocycles. The van der Waals surface area contributed by atoms with Gasteiger partial charge in [0.25, 0.3) is 0 Å². The second kappa shape index (κ2) is 4.91. The molecule has 2 rings (SSSR count). The van der Waals surface area contributed by atoms with Gasteiger partial charge in [0.05, 0.1) is 11.2 Å². The number of para-hydroxylation sites is 1. The van der Waals surface area contributed by atoms with E-state index in [0.717, 1.165) is 17.8 Å². The van der Waals surface area contributed by atoms with E-state index in [0.29, 0.717) is 17.1 Å². The van der Waals surface area contributed by atoms with Gasteiger partial charge < -0.3 is 15.4 Å². The molecule has 102 valence electrons. The number of anilines is 1. The van der Waals surface area contributed by atoms with Crippen LogP contribution in [0.4, 0.5) is 5.69 Å². The van der Waals surface area contributed by atoms with E-state index in [1.165, 1.54) is 0 Å². The van der Waals surface area contributed by atoms with Crippen molar-refractivity contribution in [1.29, 1.82) is 0 Å².